The van der Waals surface area contributed by atoms with Gasteiger partial charge in [-0.1, -0.05) is 29.3 Å². The number of hydrogen-bond donors (Lipinski definition) is 1. The van der Waals surface area contributed by atoms with Crippen LogP contribution < -0.4 is 5.32 Å². The Morgan fingerprint density at radius 1 is 1.33 bits per heavy atom. The molecule has 21 heavy (non-hydrogen) atoms. The molecule has 0 aliphatic heterocycles. The summed E-state index contributed by atoms with van der Waals surface area (Å²) in [5.41, 5.74) is 1.38. The van der Waals surface area contributed by atoms with Crippen LogP contribution in [0.4, 0.5) is 5.82 Å². The Labute approximate surface area is 133 Å². The van der Waals surface area contributed by atoms with Gasteiger partial charge in [0.2, 0.25) is 0 Å². The van der Waals surface area contributed by atoms with E-state index in [9.17, 15) is 4.79 Å². The first-order valence-corrected chi connectivity index (χ1v) is 7.08. The van der Waals surface area contributed by atoms with Gasteiger partial charge in [0, 0.05) is 22.8 Å². The maximum absolute atomic E-state index is 11.6. The Morgan fingerprint density at radius 2 is 2.14 bits per heavy atom. The van der Waals surface area contributed by atoms with Gasteiger partial charge in [-0.25, -0.2) is 9.78 Å². The molecular formula is C15H14Cl2N2O2. The van der Waals surface area contributed by atoms with Crippen LogP contribution in [0.5, 0.6) is 0 Å². The minimum atomic E-state index is -0.421. The van der Waals surface area contributed by atoms with Crippen molar-refractivity contribution < 1.29 is 9.53 Å². The summed E-state index contributed by atoms with van der Waals surface area (Å²) in [5, 5.41) is 4.34. The van der Waals surface area contributed by atoms with Crippen molar-refractivity contribution >= 4 is 35.0 Å². The number of nitrogens with one attached hydrogen (secondary N) is 1. The molecule has 1 aromatic heterocycles. The molecule has 0 saturated heterocycles. The molecule has 4 nitrogen and oxygen atoms in total. The first-order chi connectivity index (χ1) is 10.1. The van der Waals surface area contributed by atoms with Crippen LogP contribution in [0.25, 0.3) is 0 Å². The second kappa shape index (κ2) is 7.29. The highest BCUT2D eigenvalue weighted by atomic mass is 35.5. The van der Waals surface area contributed by atoms with E-state index in [1.807, 2.05) is 6.07 Å². The van der Waals surface area contributed by atoms with Crippen LogP contribution >= 0.6 is 23.2 Å². The number of rotatable bonds is 5. The van der Waals surface area contributed by atoms with Gasteiger partial charge in [-0.05, 0) is 36.2 Å². The number of carbonyl (C=O) groups is 1. The summed E-state index contributed by atoms with van der Waals surface area (Å²) in [7, 11) is 1.34. The average molecular weight is 325 g/mol. The molecule has 1 heterocycles. The predicted molar refractivity (Wildman–Crippen MR) is 84.2 cm³/mol. The molecule has 0 atom stereocenters. The molecule has 6 heteroatoms. The van der Waals surface area contributed by atoms with Crippen molar-refractivity contribution in [2.24, 2.45) is 0 Å². The van der Waals surface area contributed by atoms with E-state index in [4.69, 9.17) is 27.9 Å². The third-order valence-corrected chi connectivity index (χ3v) is 3.50. The van der Waals surface area contributed by atoms with Crippen molar-refractivity contribution in [1.82, 2.24) is 4.98 Å². The van der Waals surface area contributed by atoms with Gasteiger partial charge in [0.1, 0.15) is 11.4 Å². The summed E-state index contributed by atoms with van der Waals surface area (Å²) in [5.74, 6) is 0.0737. The summed E-state index contributed by atoms with van der Waals surface area (Å²) >= 11 is 12.0. The highest BCUT2D eigenvalue weighted by molar-refractivity contribution is 6.35. The van der Waals surface area contributed by atoms with E-state index in [1.165, 1.54) is 7.11 Å². The Bertz CT molecular complexity index is 647. The van der Waals surface area contributed by atoms with Crippen molar-refractivity contribution in [1.29, 1.82) is 0 Å². The van der Waals surface area contributed by atoms with Crippen molar-refractivity contribution in [2.75, 3.05) is 19.0 Å². The smallest absolute Gasteiger partial charge is 0.341 e. The van der Waals surface area contributed by atoms with Crippen LogP contribution in [0.3, 0.4) is 0 Å². The number of anilines is 1. The van der Waals surface area contributed by atoms with Crippen LogP contribution in [0, 0.1) is 0 Å². The van der Waals surface area contributed by atoms with E-state index >= 15 is 0 Å². The van der Waals surface area contributed by atoms with Gasteiger partial charge in [0.25, 0.3) is 0 Å². The second-order valence-corrected chi connectivity index (χ2v) is 5.15. The summed E-state index contributed by atoms with van der Waals surface area (Å²) in [6.07, 6.45) is 2.30. The topological polar surface area (TPSA) is 51.2 Å². The molecule has 110 valence electrons. The summed E-state index contributed by atoms with van der Waals surface area (Å²) in [6.45, 7) is 0.586. The van der Waals surface area contributed by atoms with Gasteiger partial charge < -0.3 is 10.1 Å². The van der Waals surface area contributed by atoms with Crippen LogP contribution in [0.1, 0.15) is 15.9 Å². The Balaban J connectivity index is 2.02. The SMILES string of the molecule is COC(=O)c1cccnc1NCCc1ccc(Cl)cc1Cl. The average Bonchev–Trinajstić information content (AvgIpc) is 2.49. The molecule has 0 fully saturated rings. The van der Waals surface area contributed by atoms with E-state index in [-0.39, 0.29) is 0 Å². The van der Waals surface area contributed by atoms with Crippen molar-refractivity contribution in [3.8, 4) is 0 Å². The van der Waals surface area contributed by atoms with Crippen molar-refractivity contribution in [2.45, 2.75) is 6.42 Å². The number of halogens is 2. The minimum absolute atomic E-state index is 0.405. The zero-order chi connectivity index (χ0) is 15.2. The number of nitrogens with zero attached hydrogens (tertiary/aromatic N) is 1. The lowest BCUT2D eigenvalue weighted by molar-refractivity contribution is 0.0601. The fourth-order valence-electron chi connectivity index (χ4n) is 1.86. The maximum Gasteiger partial charge on any atom is 0.341 e. The molecule has 0 unspecified atom stereocenters. The normalized spacial score (nSPS) is 10.2. The van der Waals surface area contributed by atoms with Crippen LogP contribution in [-0.4, -0.2) is 24.6 Å². The van der Waals surface area contributed by atoms with Gasteiger partial charge in [0.05, 0.1) is 7.11 Å². The number of esters is 1. The largest absolute Gasteiger partial charge is 0.465 e. The lowest BCUT2D eigenvalue weighted by Gasteiger charge is -2.10. The molecule has 2 rings (SSSR count). The zero-order valence-electron chi connectivity index (χ0n) is 11.4. The molecule has 0 bridgehead atoms. The minimum Gasteiger partial charge on any atom is -0.465 e. The van der Waals surface area contributed by atoms with Crippen LogP contribution in [0.15, 0.2) is 36.5 Å². The number of benzene rings is 1. The second-order valence-electron chi connectivity index (χ2n) is 4.30. The highest BCUT2D eigenvalue weighted by Gasteiger charge is 2.12. The van der Waals surface area contributed by atoms with Gasteiger partial charge in [-0.3, -0.25) is 0 Å². The van der Waals surface area contributed by atoms with Crippen LogP contribution in [0.2, 0.25) is 10.0 Å². The maximum atomic E-state index is 11.6. The molecule has 0 aliphatic carbocycles. The summed E-state index contributed by atoms with van der Waals surface area (Å²) in [4.78, 5) is 15.8. The van der Waals surface area contributed by atoms with E-state index in [0.29, 0.717) is 34.4 Å². The third kappa shape index (κ3) is 4.09. The fourth-order valence-corrected chi connectivity index (χ4v) is 2.36. The number of pyridine rings is 1. The summed E-state index contributed by atoms with van der Waals surface area (Å²) < 4.78 is 4.72. The van der Waals surface area contributed by atoms with E-state index < -0.39 is 5.97 Å². The molecule has 0 spiro atoms. The summed E-state index contributed by atoms with van der Waals surface area (Å²) in [6, 6.07) is 8.73. The van der Waals surface area contributed by atoms with Gasteiger partial charge in [-0.2, -0.15) is 0 Å². The molecular weight excluding hydrogens is 311 g/mol. The monoisotopic (exact) mass is 324 g/mol. The Hall–Kier alpha value is -1.78. The lowest BCUT2D eigenvalue weighted by atomic mass is 10.1. The number of carbonyl (C=O) groups excluding carboxylic acids is 1. The van der Waals surface area contributed by atoms with E-state index in [0.717, 1.165) is 5.56 Å². The molecule has 1 aromatic carbocycles. The molecule has 1 N–H and O–H groups in total. The molecule has 2 aromatic rings. The van der Waals surface area contributed by atoms with E-state index in [2.05, 4.69) is 10.3 Å². The molecule has 0 amide bonds. The number of hydrogen-bond acceptors (Lipinski definition) is 4. The molecule has 0 aliphatic rings. The number of ether oxygens (including phenoxy) is 1. The van der Waals surface area contributed by atoms with Gasteiger partial charge >= 0.3 is 5.97 Å². The number of methoxy groups -OCH3 is 1. The van der Waals surface area contributed by atoms with Crippen LogP contribution in [-0.2, 0) is 11.2 Å². The van der Waals surface area contributed by atoms with Crippen molar-refractivity contribution in [3.05, 3.63) is 57.7 Å². The first-order valence-electron chi connectivity index (χ1n) is 6.33. The Morgan fingerprint density at radius 3 is 2.86 bits per heavy atom. The highest BCUT2D eigenvalue weighted by Crippen LogP contribution is 2.21. The number of aromatic nitrogens is 1. The predicted octanol–water partition coefficient (Wildman–Crippen LogP) is 3.83. The quantitative estimate of drug-likeness (QED) is 0.849. The van der Waals surface area contributed by atoms with Gasteiger partial charge in [0.15, 0.2) is 0 Å². The lowest BCUT2D eigenvalue weighted by Crippen LogP contribution is -2.12. The standard InChI is InChI=1S/C15H14Cl2N2O2/c1-21-15(20)12-3-2-7-18-14(12)19-8-6-10-4-5-11(16)9-13(10)17/h2-5,7,9H,6,8H2,1H3,(H,18,19). The van der Waals surface area contributed by atoms with Gasteiger partial charge in [-0.15, -0.1) is 0 Å². The van der Waals surface area contributed by atoms with E-state index in [1.54, 1.807) is 30.5 Å². The van der Waals surface area contributed by atoms with Crippen molar-refractivity contribution in [3.63, 3.8) is 0 Å². The molecule has 0 radical (unpaired) electrons. The molecule has 0 saturated carbocycles. The fraction of sp³-hybridized carbons (Fsp3) is 0.200. The third-order valence-electron chi connectivity index (χ3n) is 2.91. The zero-order valence-corrected chi connectivity index (χ0v) is 12.9. The Kier molecular flexibility index (Phi) is 5.42. The first kappa shape index (κ1) is 15.6.